The van der Waals surface area contributed by atoms with Crippen LogP contribution in [0.15, 0.2) is 57.7 Å². The number of urea groups is 1. The van der Waals surface area contributed by atoms with Crippen LogP contribution in [0.5, 0.6) is 5.75 Å². The van der Waals surface area contributed by atoms with Crippen molar-refractivity contribution >= 4 is 11.9 Å². The first-order chi connectivity index (χ1) is 13.2. The highest BCUT2D eigenvalue weighted by Crippen LogP contribution is 2.41. The average Bonchev–Trinajstić information content (AvgIpc) is 3.40. The Morgan fingerprint density at radius 3 is 2.89 bits per heavy atom. The maximum Gasteiger partial charge on any atom is 0.325 e. The fraction of sp³-hybridized carbons (Fsp3) is 0.211. The van der Waals surface area contributed by atoms with Gasteiger partial charge in [-0.05, 0) is 18.2 Å². The van der Waals surface area contributed by atoms with Crippen LogP contribution in [0.1, 0.15) is 17.7 Å². The summed E-state index contributed by atoms with van der Waals surface area (Å²) in [6, 6.07) is 11.9. The van der Waals surface area contributed by atoms with Gasteiger partial charge in [-0.3, -0.25) is 9.69 Å². The van der Waals surface area contributed by atoms with Gasteiger partial charge < -0.3 is 19.0 Å². The number of amides is 3. The molecule has 2 aliphatic rings. The van der Waals surface area contributed by atoms with E-state index in [4.69, 9.17) is 13.7 Å². The normalized spacial score (nSPS) is 21.3. The number of imide groups is 1. The molecular formula is C19H15N3O5. The molecule has 0 aliphatic carbocycles. The number of carbonyl (C=O) groups excluding carboxylic acids is 2. The lowest BCUT2D eigenvalue weighted by molar-refractivity contribution is -0.133. The van der Waals surface area contributed by atoms with Gasteiger partial charge in [0.05, 0.1) is 19.4 Å². The highest BCUT2D eigenvalue weighted by molar-refractivity contribution is 6.07. The van der Waals surface area contributed by atoms with Gasteiger partial charge in [-0.15, -0.1) is 0 Å². The molecule has 8 heteroatoms. The van der Waals surface area contributed by atoms with Crippen LogP contribution in [-0.2, 0) is 16.9 Å². The third-order valence-corrected chi connectivity index (χ3v) is 4.90. The van der Waals surface area contributed by atoms with Gasteiger partial charge in [0.1, 0.15) is 11.4 Å². The molecule has 1 aromatic carbocycles. The van der Waals surface area contributed by atoms with Crippen LogP contribution < -0.4 is 10.1 Å². The zero-order valence-corrected chi connectivity index (χ0v) is 14.2. The van der Waals surface area contributed by atoms with Gasteiger partial charge in [0.25, 0.3) is 5.91 Å². The quantitative estimate of drug-likeness (QED) is 0.717. The van der Waals surface area contributed by atoms with E-state index in [9.17, 15) is 9.59 Å². The van der Waals surface area contributed by atoms with Crippen molar-refractivity contribution in [1.82, 2.24) is 15.4 Å². The number of aromatic nitrogens is 1. The molecule has 1 atom stereocenters. The Balaban J connectivity index is 1.44. The number of nitrogens with zero attached hydrogens (tertiary/aromatic N) is 2. The Labute approximate surface area is 153 Å². The number of benzene rings is 1. The summed E-state index contributed by atoms with van der Waals surface area (Å²) in [5, 5.41) is 6.81. The maximum atomic E-state index is 13.2. The number of hydrogen-bond donors (Lipinski definition) is 1. The number of para-hydroxylation sites is 1. The van der Waals surface area contributed by atoms with E-state index in [1.807, 2.05) is 12.1 Å². The Kier molecular flexibility index (Phi) is 3.33. The van der Waals surface area contributed by atoms with E-state index in [2.05, 4.69) is 10.5 Å². The van der Waals surface area contributed by atoms with E-state index < -0.39 is 11.6 Å². The fourth-order valence-electron chi connectivity index (χ4n) is 3.60. The third-order valence-electron chi connectivity index (χ3n) is 4.90. The molecule has 2 aliphatic heterocycles. The van der Waals surface area contributed by atoms with Crippen LogP contribution in [-0.4, -0.2) is 28.6 Å². The number of ether oxygens (including phenoxy) is 1. The van der Waals surface area contributed by atoms with Crippen molar-refractivity contribution in [1.29, 1.82) is 0 Å². The average molecular weight is 365 g/mol. The second kappa shape index (κ2) is 5.73. The van der Waals surface area contributed by atoms with Crippen LogP contribution in [0.25, 0.3) is 11.5 Å². The Hall–Kier alpha value is -3.55. The Morgan fingerprint density at radius 1 is 1.15 bits per heavy atom. The minimum absolute atomic E-state index is 0.0135. The molecular weight excluding hydrogens is 350 g/mol. The van der Waals surface area contributed by atoms with Gasteiger partial charge in [0.15, 0.2) is 11.3 Å². The molecule has 4 heterocycles. The monoisotopic (exact) mass is 365 g/mol. The summed E-state index contributed by atoms with van der Waals surface area (Å²) in [4.78, 5) is 26.9. The molecule has 0 radical (unpaired) electrons. The molecule has 0 unspecified atom stereocenters. The first-order valence-corrected chi connectivity index (χ1v) is 8.53. The molecule has 27 heavy (non-hydrogen) atoms. The predicted octanol–water partition coefficient (Wildman–Crippen LogP) is 2.66. The largest absolute Gasteiger partial charge is 0.493 e. The predicted molar refractivity (Wildman–Crippen MR) is 91.5 cm³/mol. The zero-order chi connectivity index (χ0) is 18.4. The van der Waals surface area contributed by atoms with E-state index in [1.165, 1.54) is 6.26 Å². The summed E-state index contributed by atoms with van der Waals surface area (Å²) in [6.45, 7) is 0.364. The van der Waals surface area contributed by atoms with Crippen LogP contribution in [0.4, 0.5) is 4.79 Å². The molecule has 0 saturated carbocycles. The van der Waals surface area contributed by atoms with E-state index >= 15 is 0 Å². The van der Waals surface area contributed by atoms with E-state index in [0.29, 0.717) is 41.6 Å². The molecule has 2 aromatic heterocycles. The summed E-state index contributed by atoms with van der Waals surface area (Å²) in [5.74, 6) is 1.26. The third kappa shape index (κ3) is 2.33. The maximum absolute atomic E-state index is 13.2. The molecule has 1 saturated heterocycles. The zero-order valence-electron chi connectivity index (χ0n) is 14.2. The second-order valence-electron chi connectivity index (χ2n) is 6.48. The van der Waals surface area contributed by atoms with Gasteiger partial charge in [0, 0.05) is 18.1 Å². The number of nitrogens with one attached hydrogen (secondary N) is 1. The minimum Gasteiger partial charge on any atom is -0.493 e. The minimum atomic E-state index is -1.10. The highest BCUT2D eigenvalue weighted by Gasteiger charge is 2.54. The standard InChI is InChI=1S/C19H15N3O5/c23-17-19(7-9-26-14-5-2-1-4-13(14)19)20-18(24)22(17)11-12-10-16(27-21-12)15-6-3-8-25-15/h1-6,8,10H,7,9,11H2,(H,20,24)/t19-/m0/s1. The highest BCUT2D eigenvalue weighted by atomic mass is 16.5. The number of furan rings is 1. The van der Waals surface area contributed by atoms with E-state index in [1.54, 1.807) is 30.3 Å². The molecule has 136 valence electrons. The van der Waals surface area contributed by atoms with Crippen molar-refractivity contribution < 1.29 is 23.3 Å². The van der Waals surface area contributed by atoms with Gasteiger partial charge in [-0.25, -0.2) is 4.79 Å². The van der Waals surface area contributed by atoms with Crippen molar-refractivity contribution in [2.45, 2.75) is 18.5 Å². The molecule has 0 bridgehead atoms. The van der Waals surface area contributed by atoms with Crippen LogP contribution >= 0.6 is 0 Å². The first-order valence-electron chi connectivity index (χ1n) is 8.53. The van der Waals surface area contributed by atoms with Crippen molar-refractivity contribution in [3.05, 3.63) is 60.0 Å². The molecule has 1 N–H and O–H groups in total. The Bertz CT molecular complexity index is 1030. The summed E-state index contributed by atoms with van der Waals surface area (Å²) in [5.41, 5.74) is 0.0373. The van der Waals surface area contributed by atoms with Crippen molar-refractivity contribution in [2.75, 3.05) is 6.61 Å². The van der Waals surface area contributed by atoms with Gasteiger partial charge >= 0.3 is 6.03 Å². The first kappa shape index (κ1) is 15.7. The SMILES string of the molecule is O=C1N[C@]2(CCOc3ccccc32)C(=O)N1Cc1cc(-c2ccco2)on1. The summed E-state index contributed by atoms with van der Waals surface area (Å²) >= 11 is 0. The number of fused-ring (bicyclic) bond motifs is 2. The van der Waals surface area contributed by atoms with Crippen molar-refractivity contribution in [3.8, 4) is 17.3 Å². The van der Waals surface area contributed by atoms with Gasteiger partial charge in [-0.2, -0.15) is 0 Å². The van der Waals surface area contributed by atoms with E-state index in [0.717, 1.165) is 4.90 Å². The lowest BCUT2D eigenvalue weighted by Gasteiger charge is -2.33. The lowest BCUT2D eigenvalue weighted by Crippen LogP contribution is -2.47. The summed E-state index contributed by atoms with van der Waals surface area (Å²) in [6.07, 6.45) is 1.91. The van der Waals surface area contributed by atoms with Crippen molar-refractivity contribution in [2.24, 2.45) is 0 Å². The lowest BCUT2D eigenvalue weighted by atomic mass is 9.84. The molecule has 1 fully saturated rings. The van der Waals surface area contributed by atoms with Crippen LogP contribution in [0.3, 0.4) is 0 Å². The van der Waals surface area contributed by atoms with Crippen LogP contribution in [0, 0.1) is 0 Å². The van der Waals surface area contributed by atoms with Gasteiger partial charge in [-0.1, -0.05) is 23.4 Å². The Morgan fingerprint density at radius 2 is 2.04 bits per heavy atom. The fourth-order valence-corrected chi connectivity index (χ4v) is 3.60. The summed E-state index contributed by atoms with van der Waals surface area (Å²) in [7, 11) is 0. The van der Waals surface area contributed by atoms with Crippen molar-refractivity contribution in [3.63, 3.8) is 0 Å². The topological polar surface area (TPSA) is 97.8 Å². The summed E-state index contributed by atoms with van der Waals surface area (Å²) < 4.78 is 16.1. The van der Waals surface area contributed by atoms with E-state index in [-0.39, 0.29) is 12.5 Å². The number of hydrogen-bond acceptors (Lipinski definition) is 6. The number of carbonyl (C=O) groups is 2. The molecule has 3 amide bonds. The van der Waals surface area contributed by atoms with Gasteiger partial charge in [0.2, 0.25) is 5.76 Å². The molecule has 1 spiro atoms. The molecule has 8 nitrogen and oxygen atoms in total. The smallest absolute Gasteiger partial charge is 0.325 e. The molecule has 5 rings (SSSR count). The number of rotatable bonds is 3. The molecule has 3 aromatic rings. The second-order valence-corrected chi connectivity index (χ2v) is 6.48. The van der Waals surface area contributed by atoms with Crippen LogP contribution in [0.2, 0.25) is 0 Å².